The zero-order valence-corrected chi connectivity index (χ0v) is 14.4. The van der Waals surface area contributed by atoms with Crippen LogP contribution in [0.5, 0.6) is 5.88 Å². The lowest BCUT2D eigenvalue weighted by Gasteiger charge is -2.25. The highest BCUT2D eigenvalue weighted by Gasteiger charge is 2.29. The average Bonchev–Trinajstić information content (AvgIpc) is 2.35. The molecule has 10 heteroatoms. The molecule has 1 aromatic rings. The molecule has 23 heavy (non-hydrogen) atoms. The van der Waals surface area contributed by atoms with Crippen molar-refractivity contribution in [1.29, 1.82) is 0 Å². The van der Waals surface area contributed by atoms with Crippen LogP contribution in [0.25, 0.3) is 0 Å². The van der Waals surface area contributed by atoms with Gasteiger partial charge in [-0.2, -0.15) is 13.2 Å². The number of halogens is 5. The summed E-state index contributed by atoms with van der Waals surface area (Å²) in [5, 5.41) is 2.54. The molecule has 0 fully saturated rings. The van der Waals surface area contributed by atoms with Crippen LogP contribution in [0.4, 0.5) is 18.9 Å². The van der Waals surface area contributed by atoms with Crippen molar-refractivity contribution < 1.29 is 22.7 Å². The Bertz CT molecular complexity index is 491. The number of carbonyl (C=O) groups is 1. The van der Waals surface area contributed by atoms with Gasteiger partial charge in [0.05, 0.1) is 17.9 Å². The van der Waals surface area contributed by atoms with Crippen LogP contribution in [0, 0.1) is 5.41 Å². The highest BCUT2D eigenvalue weighted by atomic mass is 35.5. The lowest BCUT2D eigenvalue weighted by molar-refractivity contribution is -0.154. The topological polar surface area (TPSA) is 77.2 Å². The van der Waals surface area contributed by atoms with E-state index in [0.29, 0.717) is 5.69 Å². The highest BCUT2D eigenvalue weighted by molar-refractivity contribution is 5.95. The maximum Gasteiger partial charge on any atom is 0.422 e. The summed E-state index contributed by atoms with van der Waals surface area (Å²) in [6, 6.07) is 1.91. The lowest BCUT2D eigenvalue weighted by Crippen LogP contribution is -2.45. The third-order valence-corrected chi connectivity index (χ3v) is 2.60. The maximum absolute atomic E-state index is 12.0. The van der Waals surface area contributed by atoms with E-state index in [1.54, 1.807) is 0 Å². The van der Waals surface area contributed by atoms with Gasteiger partial charge in [0, 0.05) is 6.07 Å². The number of nitrogens with one attached hydrogen (secondary N) is 1. The van der Waals surface area contributed by atoms with E-state index < -0.39 is 30.1 Å². The van der Waals surface area contributed by atoms with E-state index in [-0.39, 0.29) is 30.7 Å². The van der Waals surface area contributed by atoms with E-state index in [2.05, 4.69) is 15.0 Å². The molecule has 0 saturated carbocycles. The molecular formula is C13H20Cl2F3N3O2. The first-order chi connectivity index (χ1) is 9.49. The second-order valence-electron chi connectivity index (χ2n) is 5.62. The van der Waals surface area contributed by atoms with Crippen molar-refractivity contribution in [2.75, 3.05) is 11.9 Å². The Morgan fingerprint density at radius 1 is 1.30 bits per heavy atom. The molecule has 3 N–H and O–H groups in total. The van der Waals surface area contributed by atoms with E-state index in [4.69, 9.17) is 5.73 Å². The van der Waals surface area contributed by atoms with Crippen LogP contribution in [0.15, 0.2) is 18.3 Å². The molecule has 1 heterocycles. The Morgan fingerprint density at radius 3 is 2.26 bits per heavy atom. The van der Waals surface area contributed by atoms with Gasteiger partial charge >= 0.3 is 6.18 Å². The Kier molecular flexibility index (Phi) is 9.55. The zero-order valence-electron chi connectivity index (χ0n) is 12.8. The Hall–Kier alpha value is -1.25. The molecule has 0 aliphatic heterocycles. The molecule has 134 valence electrons. The number of alkyl halides is 3. The normalized spacial score (nSPS) is 12.5. The van der Waals surface area contributed by atoms with Crippen LogP contribution in [-0.2, 0) is 4.79 Å². The molecule has 0 bridgehead atoms. The van der Waals surface area contributed by atoms with Crippen molar-refractivity contribution in [3.8, 4) is 5.88 Å². The molecule has 1 aromatic heterocycles. The molecule has 1 amide bonds. The summed E-state index contributed by atoms with van der Waals surface area (Å²) in [4.78, 5) is 15.5. The molecule has 0 spiro atoms. The largest absolute Gasteiger partial charge is 0.468 e. The first-order valence-electron chi connectivity index (χ1n) is 6.21. The van der Waals surface area contributed by atoms with Crippen LogP contribution in [0.2, 0.25) is 0 Å². The van der Waals surface area contributed by atoms with Crippen LogP contribution in [0.1, 0.15) is 20.8 Å². The number of ether oxygens (including phenoxy) is 1. The molecule has 1 rings (SSSR count). The number of pyridine rings is 1. The van der Waals surface area contributed by atoms with Crippen molar-refractivity contribution in [1.82, 2.24) is 4.98 Å². The van der Waals surface area contributed by atoms with Gasteiger partial charge in [-0.3, -0.25) is 4.79 Å². The van der Waals surface area contributed by atoms with Gasteiger partial charge in [0.1, 0.15) is 0 Å². The second-order valence-corrected chi connectivity index (χ2v) is 5.62. The van der Waals surface area contributed by atoms with E-state index in [0.717, 1.165) is 0 Å². The van der Waals surface area contributed by atoms with Gasteiger partial charge in [0.15, 0.2) is 6.61 Å². The summed E-state index contributed by atoms with van der Waals surface area (Å²) in [5.41, 5.74) is 5.71. The fourth-order valence-corrected chi connectivity index (χ4v) is 1.31. The molecule has 0 aromatic carbocycles. The van der Waals surface area contributed by atoms with Crippen molar-refractivity contribution in [2.24, 2.45) is 11.1 Å². The third-order valence-electron chi connectivity index (χ3n) is 2.60. The Balaban J connectivity index is 0. The average molecular weight is 378 g/mol. The fraction of sp³-hybridized carbons (Fsp3) is 0.538. The summed E-state index contributed by atoms with van der Waals surface area (Å²) in [7, 11) is 0. The third kappa shape index (κ3) is 8.83. The van der Waals surface area contributed by atoms with Crippen LogP contribution in [-0.4, -0.2) is 29.7 Å². The molecular weight excluding hydrogens is 358 g/mol. The minimum atomic E-state index is -4.42. The predicted octanol–water partition coefficient (Wildman–Crippen LogP) is 3.18. The minimum Gasteiger partial charge on any atom is -0.468 e. The van der Waals surface area contributed by atoms with Crippen molar-refractivity contribution >= 4 is 36.4 Å². The van der Waals surface area contributed by atoms with E-state index >= 15 is 0 Å². The first kappa shape index (κ1) is 24.0. The van der Waals surface area contributed by atoms with Gasteiger partial charge in [0.25, 0.3) is 0 Å². The summed E-state index contributed by atoms with van der Waals surface area (Å²) >= 11 is 0. The van der Waals surface area contributed by atoms with E-state index in [9.17, 15) is 18.0 Å². The Morgan fingerprint density at radius 2 is 1.87 bits per heavy atom. The number of carbonyl (C=O) groups excluding carboxylic acids is 1. The van der Waals surface area contributed by atoms with Crippen molar-refractivity contribution in [3.63, 3.8) is 0 Å². The van der Waals surface area contributed by atoms with Gasteiger partial charge in [-0.25, -0.2) is 4.98 Å². The molecule has 0 aliphatic carbocycles. The van der Waals surface area contributed by atoms with Crippen LogP contribution >= 0.6 is 24.8 Å². The van der Waals surface area contributed by atoms with Crippen molar-refractivity contribution in [2.45, 2.75) is 33.0 Å². The fourth-order valence-electron chi connectivity index (χ4n) is 1.31. The number of anilines is 1. The smallest absolute Gasteiger partial charge is 0.422 e. The predicted molar refractivity (Wildman–Crippen MR) is 86.3 cm³/mol. The van der Waals surface area contributed by atoms with Gasteiger partial charge in [-0.1, -0.05) is 20.8 Å². The summed E-state index contributed by atoms with van der Waals surface area (Å²) in [6.45, 7) is 4.05. The zero-order chi connectivity index (χ0) is 16.3. The minimum absolute atomic E-state index is 0. The van der Waals surface area contributed by atoms with Crippen LogP contribution < -0.4 is 15.8 Å². The molecule has 0 aliphatic rings. The maximum atomic E-state index is 12.0. The number of hydrogen-bond donors (Lipinski definition) is 2. The number of rotatable bonds is 4. The van der Waals surface area contributed by atoms with Crippen LogP contribution in [0.3, 0.4) is 0 Å². The molecule has 1 atom stereocenters. The molecule has 0 radical (unpaired) electrons. The number of aromatic nitrogens is 1. The van der Waals surface area contributed by atoms with E-state index in [1.165, 1.54) is 18.3 Å². The SMILES string of the molecule is CC(C)(C)[C@H](N)C(=O)Nc1ccc(OCC(F)(F)F)nc1.Cl.Cl. The van der Waals surface area contributed by atoms with Crippen molar-refractivity contribution in [3.05, 3.63) is 18.3 Å². The molecule has 0 saturated heterocycles. The number of hydrogen-bond acceptors (Lipinski definition) is 4. The molecule has 0 unspecified atom stereocenters. The van der Waals surface area contributed by atoms with Gasteiger partial charge in [-0.15, -0.1) is 24.8 Å². The standard InChI is InChI=1S/C13H18F3N3O2.2ClH/c1-12(2,3)10(17)11(20)19-8-4-5-9(18-6-8)21-7-13(14,15)16;;/h4-6,10H,7,17H2,1-3H3,(H,19,20);2*1H/t10-;;/m1../s1. The highest BCUT2D eigenvalue weighted by Crippen LogP contribution is 2.20. The van der Waals surface area contributed by atoms with Gasteiger partial charge in [0.2, 0.25) is 11.8 Å². The number of amides is 1. The quantitative estimate of drug-likeness (QED) is 0.844. The summed E-state index contributed by atoms with van der Waals surface area (Å²) in [6.07, 6.45) is -3.22. The number of nitrogens with zero attached hydrogens (tertiary/aromatic N) is 1. The van der Waals surface area contributed by atoms with Gasteiger partial charge in [-0.05, 0) is 11.5 Å². The van der Waals surface area contributed by atoms with Gasteiger partial charge < -0.3 is 15.8 Å². The second kappa shape index (κ2) is 9.14. The lowest BCUT2D eigenvalue weighted by atomic mass is 9.87. The Labute approximate surface area is 145 Å². The number of nitrogens with two attached hydrogens (primary N) is 1. The van der Waals surface area contributed by atoms with E-state index in [1.807, 2.05) is 20.8 Å². The monoisotopic (exact) mass is 377 g/mol. The first-order valence-corrected chi connectivity index (χ1v) is 6.21. The molecule has 5 nitrogen and oxygen atoms in total. The summed E-state index contributed by atoms with van der Waals surface area (Å²) in [5.74, 6) is -0.571. The summed E-state index contributed by atoms with van der Waals surface area (Å²) < 4.78 is 40.4.